The van der Waals surface area contributed by atoms with E-state index in [1.165, 1.54) is 77.0 Å². The lowest BCUT2D eigenvalue weighted by molar-refractivity contribution is -0.00231. The van der Waals surface area contributed by atoms with Crippen molar-refractivity contribution < 1.29 is 4.74 Å². The molecule has 0 N–H and O–H groups in total. The Bertz CT molecular complexity index is 149. The molecule has 0 amide bonds. The predicted molar refractivity (Wildman–Crippen MR) is 86.8 cm³/mol. The van der Waals surface area contributed by atoms with Gasteiger partial charge in [0.15, 0.2) is 0 Å². The first kappa shape index (κ1) is 19.0. The number of unbranched alkanes of at least 4 members (excludes halogenated alkanes) is 8. The third kappa shape index (κ3) is 14.2. The molecule has 0 aromatic rings. The standard InChI is InChI=1S/C18H38O/c1-5-7-9-11-13-15-17(3)19-18(4)16-14-12-10-8-6-2/h17-18H,5-16H2,1-4H3/t17-,18-/m0/s1. The smallest absolute Gasteiger partial charge is 0.0550 e. The molecule has 0 spiro atoms. The van der Waals surface area contributed by atoms with E-state index in [0.717, 1.165) is 0 Å². The summed E-state index contributed by atoms with van der Waals surface area (Å²) in [7, 11) is 0. The van der Waals surface area contributed by atoms with Crippen molar-refractivity contribution in [1.29, 1.82) is 0 Å². The Labute approximate surface area is 122 Å². The van der Waals surface area contributed by atoms with Gasteiger partial charge in [-0.15, -0.1) is 0 Å². The fraction of sp³-hybridized carbons (Fsp3) is 1.00. The molecule has 1 heteroatoms. The topological polar surface area (TPSA) is 9.23 Å². The Balaban J connectivity index is 3.34. The molecule has 0 rings (SSSR count). The Hall–Kier alpha value is -0.0400. The summed E-state index contributed by atoms with van der Waals surface area (Å²) < 4.78 is 6.06. The maximum Gasteiger partial charge on any atom is 0.0550 e. The maximum atomic E-state index is 6.06. The number of ether oxygens (including phenoxy) is 1. The lowest BCUT2D eigenvalue weighted by atomic mass is 10.1. The Morgan fingerprint density at radius 1 is 0.579 bits per heavy atom. The van der Waals surface area contributed by atoms with Crippen molar-refractivity contribution >= 4 is 0 Å². The zero-order valence-corrected chi connectivity index (χ0v) is 14.0. The minimum absolute atomic E-state index is 0.451. The Kier molecular flexibility index (Phi) is 14.3. The molecule has 0 aliphatic heterocycles. The van der Waals surface area contributed by atoms with E-state index in [1.807, 2.05) is 0 Å². The monoisotopic (exact) mass is 270 g/mol. The van der Waals surface area contributed by atoms with Gasteiger partial charge in [0, 0.05) is 0 Å². The fourth-order valence-electron chi connectivity index (χ4n) is 2.60. The highest BCUT2D eigenvalue weighted by Gasteiger charge is 2.08. The summed E-state index contributed by atoms with van der Waals surface area (Å²) in [5, 5.41) is 0. The summed E-state index contributed by atoms with van der Waals surface area (Å²) >= 11 is 0. The first-order valence-corrected chi connectivity index (χ1v) is 8.86. The molecule has 0 aliphatic carbocycles. The van der Waals surface area contributed by atoms with Crippen LogP contribution < -0.4 is 0 Å². The van der Waals surface area contributed by atoms with Gasteiger partial charge in [-0.3, -0.25) is 0 Å². The molecule has 0 radical (unpaired) electrons. The van der Waals surface area contributed by atoms with Crippen LogP contribution in [0.5, 0.6) is 0 Å². The van der Waals surface area contributed by atoms with E-state index >= 15 is 0 Å². The van der Waals surface area contributed by atoms with Crippen LogP contribution in [0.3, 0.4) is 0 Å². The van der Waals surface area contributed by atoms with Crippen LogP contribution in [0.15, 0.2) is 0 Å². The highest BCUT2D eigenvalue weighted by atomic mass is 16.5. The SMILES string of the molecule is CCCCCCC[C@H](C)O[C@@H](C)CCCCCCC. The van der Waals surface area contributed by atoms with Crippen LogP contribution in [0.25, 0.3) is 0 Å². The van der Waals surface area contributed by atoms with E-state index in [4.69, 9.17) is 4.74 Å². The molecule has 0 bridgehead atoms. The van der Waals surface area contributed by atoms with Crippen LogP contribution >= 0.6 is 0 Å². The van der Waals surface area contributed by atoms with E-state index in [1.54, 1.807) is 0 Å². The fourth-order valence-corrected chi connectivity index (χ4v) is 2.60. The van der Waals surface area contributed by atoms with Gasteiger partial charge in [-0.2, -0.15) is 0 Å². The highest BCUT2D eigenvalue weighted by molar-refractivity contribution is 4.57. The second-order valence-electron chi connectivity index (χ2n) is 6.16. The van der Waals surface area contributed by atoms with Crippen molar-refractivity contribution in [3.63, 3.8) is 0 Å². The quantitative estimate of drug-likeness (QED) is 0.327. The second-order valence-corrected chi connectivity index (χ2v) is 6.16. The third-order valence-electron chi connectivity index (χ3n) is 3.89. The van der Waals surface area contributed by atoms with Crippen molar-refractivity contribution in [1.82, 2.24) is 0 Å². The summed E-state index contributed by atoms with van der Waals surface area (Å²) in [6.45, 7) is 9.03. The summed E-state index contributed by atoms with van der Waals surface area (Å²) in [6, 6.07) is 0. The summed E-state index contributed by atoms with van der Waals surface area (Å²) in [5.74, 6) is 0. The maximum absolute atomic E-state index is 6.06. The second kappa shape index (κ2) is 14.4. The van der Waals surface area contributed by atoms with E-state index < -0.39 is 0 Å². The molecule has 116 valence electrons. The zero-order chi connectivity index (χ0) is 14.3. The average molecular weight is 271 g/mol. The molecule has 19 heavy (non-hydrogen) atoms. The molecule has 0 saturated heterocycles. The molecule has 0 saturated carbocycles. The zero-order valence-electron chi connectivity index (χ0n) is 14.0. The van der Waals surface area contributed by atoms with Gasteiger partial charge >= 0.3 is 0 Å². The van der Waals surface area contributed by atoms with Crippen molar-refractivity contribution in [3.8, 4) is 0 Å². The Morgan fingerprint density at radius 2 is 0.947 bits per heavy atom. The van der Waals surface area contributed by atoms with Crippen LogP contribution in [-0.2, 0) is 4.74 Å². The van der Waals surface area contributed by atoms with Crippen LogP contribution in [0.4, 0.5) is 0 Å². The summed E-state index contributed by atoms with van der Waals surface area (Å²) in [5.41, 5.74) is 0. The van der Waals surface area contributed by atoms with E-state index in [-0.39, 0.29) is 0 Å². The molecule has 0 aromatic carbocycles. The summed E-state index contributed by atoms with van der Waals surface area (Å²) in [4.78, 5) is 0. The van der Waals surface area contributed by atoms with Crippen LogP contribution in [0.2, 0.25) is 0 Å². The van der Waals surface area contributed by atoms with Gasteiger partial charge in [0.25, 0.3) is 0 Å². The van der Waals surface area contributed by atoms with Crippen LogP contribution in [0, 0.1) is 0 Å². The van der Waals surface area contributed by atoms with Gasteiger partial charge < -0.3 is 4.74 Å². The van der Waals surface area contributed by atoms with Crippen LogP contribution in [0.1, 0.15) is 105 Å². The predicted octanol–water partition coefficient (Wildman–Crippen LogP) is 6.50. The summed E-state index contributed by atoms with van der Waals surface area (Å²) in [6.07, 6.45) is 17.1. The van der Waals surface area contributed by atoms with Gasteiger partial charge in [0.1, 0.15) is 0 Å². The van der Waals surface area contributed by atoms with Crippen molar-refractivity contribution in [2.45, 2.75) is 117 Å². The van der Waals surface area contributed by atoms with E-state index in [9.17, 15) is 0 Å². The molecule has 0 fully saturated rings. The lowest BCUT2D eigenvalue weighted by Crippen LogP contribution is -2.17. The lowest BCUT2D eigenvalue weighted by Gasteiger charge is -2.19. The van der Waals surface area contributed by atoms with Crippen molar-refractivity contribution in [3.05, 3.63) is 0 Å². The minimum Gasteiger partial charge on any atom is -0.376 e. The van der Waals surface area contributed by atoms with E-state index in [0.29, 0.717) is 12.2 Å². The first-order valence-electron chi connectivity index (χ1n) is 8.86. The van der Waals surface area contributed by atoms with E-state index in [2.05, 4.69) is 27.7 Å². The average Bonchev–Trinajstić information content (AvgIpc) is 2.38. The molecule has 1 nitrogen and oxygen atoms in total. The highest BCUT2D eigenvalue weighted by Crippen LogP contribution is 2.14. The largest absolute Gasteiger partial charge is 0.376 e. The molecule has 0 aliphatic rings. The Morgan fingerprint density at radius 3 is 1.32 bits per heavy atom. The molecular weight excluding hydrogens is 232 g/mol. The molecule has 0 heterocycles. The first-order chi connectivity index (χ1) is 9.20. The van der Waals surface area contributed by atoms with Gasteiger partial charge in [-0.05, 0) is 26.7 Å². The number of hydrogen-bond donors (Lipinski definition) is 0. The van der Waals surface area contributed by atoms with Crippen molar-refractivity contribution in [2.75, 3.05) is 0 Å². The third-order valence-corrected chi connectivity index (χ3v) is 3.89. The minimum atomic E-state index is 0.451. The molecular formula is C18H38O. The van der Waals surface area contributed by atoms with Gasteiger partial charge in [0.05, 0.1) is 12.2 Å². The van der Waals surface area contributed by atoms with Crippen LogP contribution in [-0.4, -0.2) is 12.2 Å². The van der Waals surface area contributed by atoms with Gasteiger partial charge in [-0.25, -0.2) is 0 Å². The normalized spacial score (nSPS) is 14.5. The van der Waals surface area contributed by atoms with Gasteiger partial charge in [0.2, 0.25) is 0 Å². The number of hydrogen-bond acceptors (Lipinski definition) is 1. The molecule has 0 aromatic heterocycles. The van der Waals surface area contributed by atoms with Gasteiger partial charge in [-0.1, -0.05) is 78.1 Å². The number of rotatable bonds is 14. The molecule has 0 unspecified atom stereocenters. The van der Waals surface area contributed by atoms with Crippen molar-refractivity contribution in [2.24, 2.45) is 0 Å². The molecule has 2 atom stereocenters.